The average Bonchev–Trinajstić information content (AvgIpc) is 2.42. The van der Waals surface area contributed by atoms with Crippen molar-refractivity contribution in [2.24, 2.45) is 0 Å². The molecule has 0 atom stereocenters. The molecule has 3 aromatic rings. The van der Waals surface area contributed by atoms with Gasteiger partial charge in [-0.3, -0.25) is 0 Å². The summed E-state index contributed by atoms with van der Waals surface area (Å²) < 4.78 is 5.05. The number of aromatic hydroxyl groups is 2. The summed E-state index contributed by atoms with van der Waals surface area (Å²) in [5, 5.41) is 19.7. The van der Waals surface area contributed by atoms with E-state index >= 15 is 0 Å². The molecule has 0 unspecified atom stereocenters. The van der Waals surface area contributed by atoms with Gasteiger partial charge in [0.2, 0.25) is 0 Å². The molecular formula is C16H12O4. The lowest BCUT2D eigenvalue weighted by Gasteiger charge is -2.07. The smallest absolute Gasteiger partial charge is 0.336 e. The highest BCUT2D eigenvalue weighted by Crippen LogP contribution is 2.31. The van der Waals surface area contributed by atoms with E-state index in [-0.39, 0.29) is 17.1 Å². The van der Waals surface area contributed by atoms with Crippen molar-refractivity contribution in [2.75, 3.05) is 0 Å². The molecule has 4 nitrogen and oxygen atoms in total. The minimum Gasteiger partial charge on any atom is -0.504 e. The van der Waals surface area contributed by atoms with Crippen LogP contribution >= 0.6 is 0 Å². The van der Waals surface area contributed by atoms with Gasteiger partial charge in [0.15, 0.2) is 11.5 Å². The molecule has 0 spiro atoms. The second-order valence-corrected chi connectivity index (χ2v) is 4.59. The van der Waals surface area contributed by atoms with Gasteiger partial charge in [0, 0.05) is 17.5 Å². The van der Waals surface area contributed by atoms with Gasteiger partial charge in [-0.2, -0.15) is 0 Å². The first-order valence-electron chi connectivity index (χ1n) is 6.16. The third-order valence-electron chi connectivity index (χ3n) is 3.16. The van der Waals surface area contributed by atoms with E-state index in [9.17, 15) is 15.0 Å². The maximum Gasteiger partial charge on any atom is 0.336 e. The van der Waals surface area contributed by atoms with E-state index in [0.717, 1.165) is 11.1 Å². The molecule has 0 aliphatic carbocycles. The molecule has 1 aromatic heterocycles. The van der Waals surface area contributed by atoms with Crippen LogP contribution in [0.3, 0.4) is 0 Å². The predicted molar refractivity (Wildman–Crippen MR) is 75.1 cm³/mol. The lowest BCUT2D eigenvalue weighted by molar-refractivity contribution is 0.403. The SMILES string of the molecule is O=c1cc(Cc2ccccc2)c2cc(O)c(O)cc2o1. The Bertz CT molecular complexity index is 819. The molecule has 20 heavy (non-hydrogen) atoms. The minimum absolute atomic E-state index is 0.235. The highest BCUT2D eigenvalue weighted by atomic mass is 16.4. The van der Waals surface area contributed by atoms with Gasteiger partial charge in [0.25, 0.3) is 0 Å². The lowest BCUT2D eigenvalue weighted by Crippen LogP contribution is -2.01. The van der Waals surface area contributed by atoms with E-state index in [2.05, 4.69) is 0 Å². The Balaban J connectivity index is 2.19. The quantitative estimate of drug-likeness (QED) is 0.554. The predicted octanol–water partition coefficient (Wildman–Crippen LogP) is 2.80. The van der Waals surface area contributed by atoms with Crippen molar-refractivity contribution in [2.45, 2.75) is 6.42 Å². The fraction of sp³-hybridized carbons (Fsp3) is 0.0625. The van der Waals surface area contributed by atoms with Crippen LogP contribution in [0.5, 0.6) is 11.5 Å². The van der Waals surface area contributed by atoms with Gasteiger partial charge in [0.1, 0.15) is 5.58 Å². The number of hydrogen-bond acceptors (Lipinski definition) is 4. The second-order valence-electron chi connectivity index (χ2n) is 4.59. The Labute approximate surface area is 114 Å². The van der Waals surface area contributed by atoms with E-state index in [0.29, 0.717) is 11.8 Å². The molecule has 0 radical (unpaired) electrons. The summed E-state index contributed by atoms with van der Waals surface area (Å²) in [6.07, 6.45) is 0.549. The molecule has 0 saturated heterocycles. The monoisotopic (exact) mass is 268 g/mol. The van der Waals surface area contributed by atoms with Crippen molar-refractivity contribution in [1.82, 2.24) is 0 Å². The summed E-state index contributed by atoms with van der Waals surface area (Å²) in [6, 6.07) is 13.8. The molecule has 0 amide bonds. The molecule has 0 aliphatic rings. The Morgan fingerprint density at radius 2 is 1.65 bits per heavy atom. The zero-order valence-electron chi connectivity index (χ0n) is 10.5. The van der Waals surface area contributed by atoms with Crippen LogP contribution in [0.15, 0.2) is 57.7 Å². The minimum atomic E-state index is -0.478. The molecule has 100 valence electrons. The first-order chi connectivity index (χ1) is 9.63. The topological polar surface area (TPSA) is 70.7 Å². The molecule has 0 fully saturated rings. The number of hydrogen-bond donors (Lipinski definition) is 2. The molecule has 0 bridgehead atoms. The van der Waals surface area contributed by atoms with E-state index < -0.39 is 5.63 Å². The van der Waals surface area contributed by atoms with E-state index in [1.54, 1.807) is 0 Å². The van der Waals surface area contributed by atoms with Crippen LogP contribution in [0.1, 0.15) is 11.1 Å². The maximum atomic E-state index is 11.6. The van der Waals surface area contributed by atoms with Crippen molar-refractivity contribution in [1.29, 1.82) is 0 Å². The zero-order valence-corrected chi connectivity index (χ0v) is 10.5. The van der Waals surface area contributed by atoms with E-state index in [1.165, 1.54) is 18.2 Å². The van der Waals surface area contributed by atoms with Crippen LogP contribution < -0.4 is 5.63 Å². The number of phenols is 2. The van der Waals surface area contributed by atoms with Crippen LogP contribution in [0.25, 0.3) is 11.0 Å². The second kappa shape index (κ2) is 4.74. The van der Waals surface area contributed by atoms with Crippen LogP contribution in [-0.4, -0.2) is 10.2 Å². The Morgan fingerprint density at radius 1 is 0.950 bits per heavy atom. The fourth-order valence-electron chi connectivity index (χ4n) is 2.21. The van der Waals surface area contributed by atoms with Crippen molar-refractivity contribution in [3.8, 4) is 11.5 Å². The number of benzene rings is 2. The maximum absolute atomic E-state index is 11.6. The fourth-order valence-corrected chi connectivity index (χ4v) is 2.21. The molecule has 2 aromatic carbocycles. The number of fused-ring (bicyclic) bond motifs is 1. The molecular weight excluding hydrogens is 256 g/mol. The summed E-state index contributed by atoms with van der Waals surface area (Å²) >= 11 is 0. The summed E-state index contributed by atoms with van der Waals surface area (Å²) in [4.78, 5) is 11.6. The number of phenolic OH excluding ortho intramolecular Hbond substituents is 2. The van der Waals surface area contributed by atoms with Crippen LogP contribution in [0.4, 0.5) is 0 Å². The number of rotatable bonds is 2. The van der Waals surface area contributed by atoms with Crippen molar-refractivity contribution in [3.63, 3.8) is 0 Å². The Hall–Kier alpha value is -2.75. The highest BCUT2D eigenvalue weighted by molar-refractivity contribution is 5.84. The molecule has 1 heterocycles. The summed E-state index contributed by atoms with van der Waals surface area (Å²) in [5.41, 5.74) is 1.58. The molecule has 2 N–H and O–H groups in total. The standard InChI is InChI=1S/C16H12O4/c17-13-8-12-11(6-10-4-2-1-3-5-10)7-16(19)20-15(12)9-14(13)18/h1-5,7-9,17-18H,6H2. The summed E-state index contributed by atoms with van der Waals surface area (Å²) in [7, 11) is 0. The van der Waals surface area contributed by atoms with Gasteiger partial charge in [-0.25, -0.2) is 4.79 Å². The van der Waals surface area contributed by atoms with Crippen molar-refractivity contribution < 1.29 is 14.6 Å². The van der Waals surface area contributed by atoms with Gasteiger partial charge in [-0.1, -0.05) is 30.3 Å². The molecule has 3 rings (SSSR count). The van der Waals surface area contributed by atoms with Crippen LogP contribution in [0, 0.1) is 0 Å². The Morgan fingerprint density at radius 3 is 2.40 bits per heavy atom. The molecule has 0 aliphatic heterocycles. The van der Waals surface area contributed by atoms with Gasteiger partial charge in [0.05, 0.1) is 0 Å². The summed E-state index contributed by atoms with van der Waals surface area (Å²) in [6.45, 7) is 0. The third kappa shape index (κ3) is 2.23. The van der Waals surface area contributed by atoms with Crippen LogP contribution in [0.2, 0.25) is 0 Å². The Kier molecular flexibility index (Phi) is 2.91. The van der Waals surface area contributed by atoms with Gasteiger partial charge >= 0.3 is 5.63 Å². The highest BCUT2D eigenvalue weighted by Gasteiger charge is 2.10. The van der Waals surface area contributed by atoms with Gasteiger partial charge < -0.3 is 14.6 Å². The molecule has 0 saturated carbocycles. The largest absolute Gasteiger partial charge is 0.504 e. The average molecular weight is 268 g/mol. The lowest BCUT2D eigenvalue weighted by atomic mass is 10.0. The zero-order chi connectivity index (χ0) is 14.1. The van der Waals surface area contributed by atoms with Gasteiger partial charge in [-0.15, -0.1) is 0 Å². The van der Waals surface area contributed by atoms with E-state index in [4.69, 9.17) is 4.42 Å². The molecule has 4 heteroatoms. The van der Waals surface area contributed by atoms with Crippen LogP contribution in [-0.2, 0) is 6.42 Å². The first-order valence-corrected chi connectivity index (χ1v) is 6.16. The van der Waals surface area contributed by atoms with Crippen molar-refractivity contribution in [3.05, 3.63) is 70.1 Å². The van der Waals surface area contributed by atoms with Crippen molar-refractivity contribution >= 4 is 11.0 Å². The third-order valence-corrected chi connectivity index (χ3v) is 3.16. The first kappa shape index (κ1) is 12.3. The van der Waals surface area contributed by atoms with Gasteiger partial charge in [-0.05, 0) is 23.6 Å². The normalized spacial score (nSPS) is 10.8. The summed E-state index contributed by atoms with van der Waals surface area (Å²) in [5.74, 6) is -0.543. The van der Waals surface area contributed by atoms with E-state index in [1.807, 2.05) is 30.3 Å².